The van der Waals surface area contributed by atoms with Gasteiger partial charge in [-0.3, -0.25) is 0 Å². The molecule has 0 saturated carbocycles. The summed E-state index contributed by atoms with van der Waals surface area (Å²) < 4.78 is 0. The number of hydrogen-bond donors (Lipinski definition) is 3. The molecule has 1 atom stereocenters. The van der Waals surface area contributed by atoms with Gasteiger partial charge >= 0.3 is 5.97 Å². The van der Waals surface area contributed by atoms with Crippen LogP contribution in [-0.4, -0.2) is 21.2 Å². The molecule has 0 aliphatic rings. The normalized spacial score (nSPS) is 12.9. The third kappa shape index (κ3) is 3.06. The van der Waals surface area contributed by atoms with Crippen LogP contribution in [0, 0.1) is 0 Å². The third-order valence-corrected chi connectivity index (χ3v) is 2.13. The van der Waals surface area contributed by atoms with E-state index in [1.54, 1.807) is 6.07 Å². The van der Waals surface area contributed by atoms with Crippen LogP contribution in [0.25, 0.3) is 6.08 Å². The molecule has 0 saturated heterocycles. The number of aliphatic hydroxyl groups excluding tert-OH is 1. The molecule has 5 heteroatoms. The number of anilines is 1. The van der Waals surface area contributed by atoms with Crippen LogP contribution in [0.15, 0.2) is 18.3 Å². The number of pyridine rings is 1. The molecule has 5 nitrogen and oxygen atoms in total. The monoisotopic (exact) mass is 222 g/mol. The van der Waals surface area contributed by atoms with Gasteiger partial charge in [-0.15, -0.1) is 0 Å². The molecule has 0 aromatic carbocycles. The van der Waals surface area contributed by atoms with Crippen LogP contribution in [0.5, 0.6) is 0 Å². The summed E-state index contributed by atoms with van der Waals surface area (Å²) in [7, 11) is 0. The first-order valence-electron chi connectivity index (χ1n) is 4.89. The molecule has 0 fully saturated rings. The van der Waals surface area contributed by atoms with Crippen molar-refractivity contribution in [3.8, 4) is 0 Å². The van der Waals surface area contributed by atoms with Gasteiger partial charge < -0.3 is 15.9 Å². The van der Waals surface area contributed by atoms with Gasteiger partial charge in [0.2, 0.25) is 0 Å². The molecule has 0 spiro atoms. The Bertz CT molecular complexity index is 416. The lowest BCUT2D eigenvalue weighted by Gasteiger charge is -2.10. The van der Waals surface area contributed by atoms with Crippen LogP contribution >= 0.6 is 0 Å². The highest BCUT2D eigenvalue weighted by Crippen LogP contribution is 2.22. The standard InChI is InChI=1S/C11H14N2O3/c1-2-9(14)8-5-7(3-4-10(15)16)6-13-11(8)12/h3-6,9,14H,2H2,1H3,(H2,12,13)(H,15,16). The average Bonchev–Trinajstić information content (AvgIpc) is 2.27. The van der Waals surface area contributed by atoms with Crippen molar-refractivity contribution in [1.29, 1.82) is 0 Å². The summed E-state index contributed by atoms with van der Waals surface area (Å²) in [5.41, 5.74) is 6.73. The fourth-order valence-electron chi connectivity index (χ4n) is 1.25. The number of aliphatic carboxylic acids is 1. The highest BCUT2D eigenvalue weighted by molar-refractivity contribution is 5.85. The first kappa shape index (κ1) is 12.2. The zero-order valence-electron chi connectivity index (χ0n) is 8.92. The third-order valence-electron chi connectivity index (χ3n) is 2.13. The number of nitrogen functional groups attached to an aromatic ring is 1. The van der Waals surface area contributed by atoms with Crippen molar-refractivity contribution in [3.63, 3.8) is 0 Å². The minimum absolute atomic E-state index is 0.266. The van der Waals surface area contributed by atoms with E-state index in [2.05, 4.69) is 4.98 Å². The molecule has 4 N–H and O–H groups in total. The summed E-state index contributed by atoms with van der Waals surface area (Å²) in [4.78, 5) is 14.2. The molecule has 0 aliphatic carbocycles. The molecular weight excluding hydrogens is 208 g/mol. The Morgan fingerprint density at radius 2 is 2.38 bits per heavy atom. The second-order valence-corrected chi connectivity index (χ2v) is 3.34. The zero-order valence-corrected chi connectivity index (χ0v) is 8.92. The summed E-state index contributed by atoms with van der Waals surface area (Å²) in [5, 5.41) is 18.1. The van der Waals surface area contributed by atoms with Crippen molar-refractivity contribution in [1.82, 2.24) is 4.98 Å². The Hall–Kier alpha value is -1.88. The highest BCUT2D eigenvalue weighted by Gasteiger charge is 2.10. The SMILES string of the molecule is CCC(O)c1cc(C=CC(=O)O)cnc1N. The molecule has 1 rings (SSSR count). The Labute approximate surface area is 93.2 Å². The van der Waals surface area contributed by atoms with E-state index in [9.17, 15) is 9.90 Å². The van der Waals surface area contributed by atoms with E-state index in [4.69, 9.17) is 10.8 Å². The summed E-state index contributed by atoms with van der Waals surface area (Å²) in [6.07, 6.45) is 3.72. The summed E-state index contributed by atoms with van der Waals surface area (Å²) in [6, 6.07) is 1.63. The lowest BCUT2D eigenvalue weighted by molar-refractivity contribution is -0.131. The van der Waals surface area contributed by atoms with Crippen LogP contribution in [0.1, 0.15) is 30.6 Å². The van der Waals surface area contributed by atoms with Crippen molar-refractivity contribution in [2.75, 3.05) is 5.73 Å². The number of carbonyl (C=O) groups is 1. The summed E-state index contributed by atoms with van der Waals surface area (Å²) in [5.74, 6) is -0.767. The lowest BCUT2D eigenvalue weighted by atomic mass is 10.1. The molecule has 1 heterocycles. The molecule has 0 radical (unpaired) electrons. The molecule has 86 valence electrons. The Balaban J connectivity index is 3.02. The molecule has 0 bridgehead atoms. The zero-order chi connectivity index (χ0) is 12.1. The maximum absolute atomic E-state index is 10.3. The molecule has 0 aliphatic heterocycles. The number of carboxylic acids is 1. The van der Waals surface area contributed by atoms with Gasteiger partial charge in [-0.2, -0.15) is 0 Å². The van der Waals surface area contributed by atoms with E-state index in [-0.39, 0.29) is 5.82 Å². The van der Waals surface area contributed by atoms with Gasteiger partial charge in [0.05, 0.1) is 6.10 Å². The molecule has 0 amide bonds. The predicted octanol–water partition coefficient (Wildman–Crippen LogP) is 1.20. The van der Waals surface area contributed by atoms with Crippen molar-refractivity contribution >= 4 is 17.9 Å². The van der Waals surface area contributed by atoms with E-state index in [0.29, 0.717) is 17.5 Å². The maximum atomic E-state index is 10.3. The second kappa shape index (κ2) is 5.27. The maximum Gasteiger partial charge on any atom is 0.328 e. The van der Waals surface area contributed by atoms with E-state index < -0.39 is 12.1 Å². The van der Waals surface area contributed by atoms with E-state index in [1.165, 1.54) is 12.3 Å². The number of rotatable bonds is 4. The molecular formula is C11H14N2O3. The van der Waals surface area contributed by atoms with Gasteiger partial charge in [0.1, 0.15) is 5.82 Å². The van der Waals surface area contributed by atoms with Crippen LogP contribution in [0.2, 0.25) is 0 Å². The summed E-state index contributed by atoms with van der Waals surface area (Å²) >= 11 is 0. The van der Waals surface area contributed by atoms with Crippen LogP contribution in [-0.2, 0) is 4.79 Å². The molecule has 1 aromatic rings. The topological polar surface area (TPSA) is 96.4 Å². The lowest BCUT2D eigenvalue weighted by Crippen LogP contribution is -2.03. The van der Waals surface area contributed by atoms with Crippen molar-refractivity contribution < 1.29 is 15.0 Å². The Morgan fingerprint density at radius 1 is 1.69 bits per heavy atom. The fourth-order valence-corrected chi connectivity index (χ4v) is 1.25. The number of carboxylic acid groups (broad SMARTS) is 1. The largest absolute Gasteiger partial charge is 0.478 e. The Kier molecular flexibility index (Phi) is 4.02. The first-order chi connectivity index (χ1) is 7.54. The molecule has 1 unspecified atom stereocenters. The van der Waals surface area contributed by atoms with Crippen LogP contribution in [0.4, 0.5) is 5.82 Å². The second-order valence-electron chi connectivity index (χ2n) is 3.34. The molecule has 1 aromatic heterocycles. The van der Waals surface area contributed by atoms with Gasteiger partial charge in [0.15, 0.2) is 0 Å². The number of aromatic nitrogens is 1. The number of hydrogen-bond acceptors (Lipinski definition) is 4. The number of nitrogens with zero attached hydrogens (tertiary/aromatic N) is 1. The Morgan fingerprint density at radius 3 is 2.94 bits per heavy atom. The van der Waals surface area contributed by atoms with E-state index in [1.807, 2.05) is 6.92 Å². The average molecular weight is 222 g/mol. The predicted molar refractivity (Wildman–Crippen MR) is 60.6 cm³/mol. The minimum Gasteiger partial charge on any atom is -0.478 e. The highest BCUT2D eigenvalue weighted by atomic mass is 16.4. The first-order valence-corrected chi connectivity index (χ1v) is 4.89. The van der Waals surface area contributed by atoms with Crippen LogP contribution in [0.3, 0.4) is 0 Å². The van der Waals surface area contributed by atoms with Crippen molar-refractivity contribution in [2.45, 2.75) is 19.4 Å². The van der Waals surface area contributed by atoms with Crippen molar-refractivity contribution in [2.24, 2.45) is 0 Å². The minimum atomic E-state index is -1.03. The quantitative estimate of drug-likeness (QED) is 0.665. The fraction of sp³-hybridized carbons (Fsp3) is 0.273. The van der Waals surface area contributed by atoms with Gasteiger partial charge in [-0.05, 0) is 24.1 Å². The number of nitrogens with two attached hydrogens (primary N) is 1. The van der Waals surface area contributed by atoms with Gasteiger partial charge in [-0.25, -0.2) is 9.78 Å². The van der Waals surface area contributed by atoms with E-state index >= 15 is 0 Å². The van der Waals surface area contributed by atoms with Crippen LogP contribution < -0.4 is 5.73 Å². The van der Waals surface area contributed by atoms with Gasteiger partial charge in [-0.1, -0.05) is 6.92 Å². The number of aliphatic hydroxyl groups is 1. The van der Waals surface area contributed by atoms with E-state index in [0.717, 1.165) is 6.08 Å². The summed E-state index contributed by atoms with van der Waals surface area (Å²) in [6.45, 7) is 1.82. The molecule has 16 heavy (non-hydrogen) atoms. The van der Waals surface area contributed by atoms with Crippen molar-refractivity contribution in [3.05, 3.63) is 29.5 Å². The smallest absolute Gasteiger partial charge is 0.328 e. The van der Waals surface area contributed by atoms with Gasteiger partial charge in [0, 0.05) is 17.8 Å². The van der Waals surface area contributed by atoms with Gasteiger partial charge in [0.25, 0.3) is 0 Å².